The Morgan fingerprint density at radius 1 is 1.26 bits per heavy atom. The largest absolute Gasteiger partial charge is 0.467 e. The Hall–Kier alpha value is -3.26. The number of benzene rings is 1. The number of furan rings is 1. The van der Waals surface area contributed by atoms with Crippen LogP contribution in [0.4, 0.5) is 0 Å². The molecule has 0 aliphatic heterocycles. The van der Waals surface area contributed by atoms with Gasteiger partial charge < -0.3 is 14.3 Å². The van der Waals surface area contributed by atoms with Crippen LogP contribution >= 0.6 is 0 Å². The van der Waals surface area contributed by atoms with Gasteiger partial charge in [0.05, 0.1) is 18.4 Å². The molecule has 0 aliphatic rings. The third-order valence-electron chi connectivity index (χ3n) is 3.60. The molecule has 0 spiro atoms. The number of rotatable bonds is 4. The number of hydrogen-bond acceptors (Lipinski definition) is 3. The van der Waals surface area contributed by atoms with E-state index in [2.05, 4.69) is 11.4 Å². The van der Waals surface area contributed by atoms with E-state index in [-0.39, 0.29) is 12.5 Å². The summed E-state index contributed by atoms with van der Waals surface area (Å²) in [5.41, 5.74) is 2.56. The van der Waals surface area contributed by atoms with Crippen molar-refractivity contribution in [1.82, 2.24) is 9.88 Å². The second-order valence-electron chi connectivity index (χ2n) is 5.11. The van der Waals surface area contributed by atoms with Crippen molar-refractivity contribution in [3.05, 3.63) is 77.5 Å². The fourth-order valence-corrected chi connectivity index (χ4v) is 2.45. The number of para-hydroxylation sites is 1. The molecule has 3 rings (SSSR count). The summed E-state index contributed by atoms with van der Waals surface area (Å²) < 4.78 is 6.95. The van der Waals surface area contributed by atoms with Crippen LogP contribution in [-0.4, -0.2) is 10.5 Å². The molecular weight excluding hydrogens is 290 g/mol. The molecule has 114 valence electrons. The molecule has 2 aromatic heterocycles. The number of aryl methyl sites for hydroxylation is 1. The minimum Gasteiger partial charge on any atom is -0.467 e. The van der Waals surface area contributed by atoms with Crippen LogP contribution in [0.15, 0.2) is 59.3 Å². The highest BCUT2D eigenvalue weighted by atomic mass is 16.3. The van der Waals surface area contributed by atoms with Crippen LogP contribution in [0.2, 0.25) is 0 Å². The topological polar surface area (TPSA) is 71.0 Å². The number of amides is 1. The molecule has 5 nitrogen and oxygen atoms in total. The number of aromatic nitrogens is 1. The average molecular weight is 305 g/mol. The highest BCUT2D eigenvalue weighted by Crippen LogP contribution is 2.20. The van der Waals surface area contributed by atoms with E-state index in [0.29, 0.717) is 17.0 Å². The Labute approximate surface area is 133 Å². The molecule has 0 bridgehead atoms. The summed E-state index contributed by atoms with van der Waals surface area (Å²) >= 11 is 0. The minimum atomic E-state index is -0.314. The predicted molar refractivity (Wildman–Crippen MR) is 85.1 cm³/mol. The molecule has 2 heterocycles. The van der Waals surface area contributed by atoms with Gasteiger partial charge in [-0.25, -0.2) is 0 Å². The van der Waals surface area contributed by atoms with Crippen molar-refractivity contribution in [3.8, 4) is 11.8 Å². The predicted octanol–water partition coefficient (Wildman–Crippen LogP) is 3.18. The van der Waals surface area contributed by atoms with E-state index >= 15 is 0 Å². The molecular formula is C18H15N3O2. The molecule has 23 heavy (non-hydrogen) atoms. The Bertz CT molecular complexity index is 870. The molecule has 0 saturated carbocycles. The highest BCUT2D eigenvalue weighted by Gasteiger charge is 2.19. The molecule has 1 aromatic carbocycles. The van der Waals surface area contributed by atoms with Crippen LogP contribution in [0, 0.1) is 18.3 Å². The zero-order chi connectivity index (χ0) is 16.2. The minimum absolute atomic E-state index is 0.273. The molecule has 1 amide bonds. The smallest absolute Gasteiger partial charge is 0.270 e. The second-order valence-corrected chi connectivity index (χ2v) is 5.11. The van der Waals surface area contributed by atoms with Gasteiger partial charge in [-0.3, -0.25) is 4.79 Å². The van der Waals surface area contributed by atoms with E-state index in [1.54, 1.807) is 35.2 Å². The monoisotopic (exact) mass is 305 g/mol. The number of nitriles is 1. The van der Waals surface area contributed by atoms with Crippen molar-refractivity contribution >= 4 is 5.91 Å². The van der Waals surface area contributed by atoms with Gasteiger partial charge in [0.25, 0.3) is 5.91 Å². The first-order valence-corrected chi connectivity index (χ1v) is 7.18. The van der Waals surface area contributed by atoms with Crippen LogP contribution in [-0.2, 0) is 6.54 Å². The number of nitrogens with one attached hydrogen (secondary N) is 1. The molecule has 1 N–H and O–H groups in total. The summed E-state index contributed by atoms with van der Waals surface area (Å²) in [6.45, 7) is 2.24. The molecule has 0 unspecified atom stereocenters. The standard InChI is InChI=1S/C18H15N3O2/c1-13-5-2-3-7-16(13)21-9-8-14(11-19)17(21)18(22)20-12-15-6-4-10-23-15/h2-10H,12H2,1H3,(H,20,22). The van der Waals surface area contributed by atoms with Gasteiger partial charge in [0.1, 0.15) is 17.5 Å². The van der Waals surface area contributed by atoms with Gasteiger partial charge in [-0.15, -0.1) is 0 Å². The third kappa shape index (κ3) is 2.87. The van der Waals surface area contributed by atoms with Crippen LogP contribution in [0.1, 0.15) is 27.4 Å². The first-order valence-electron chi connectivity index (χ1n) is 7.18. The molecule has 5 heteroatoms. The molecule has 0 atom stereocenters. The lowest BCUT2D eigenvalue weighted by molar-refractivity contribution is 0.0941. The Morgan fingerprint density at radius 2 is 2.09 bits per heavy atom. The zero-order valence-corrected chi connectivity index (χ0v) is 12.6. The van der Waals surface area contributed by atoms with Crippen molar-refractivity contribution in [3.63, 3.8) is 0 Å². The van der Waals surface area contributed by atoms with Gasteiger partial charge >= 0.3 is 0 Å². The van der Waals surface area contributed by atoms with Gasteiger partial charge in [-0.1, -0.05) is 18.2 Å². The van der Waals surface area contributed by atoms with E-state index in [4.69, 9.17) is 4.42 Å². The van der Waals surface area contributed by atoms with E-state index < -0.39 is 0 Å². The summed E-state index contributed by atoms with van der Waals surface area (Å²) in [5, 5.41) is 12.1. The maximum absolute atomic E-state index is 12.6. The summed E-state index contributed by atoms with van der Waals surface area (Å²) in [6, 6.07) is 15.0. The van der Waals surface area contributed by atoms with Gasteiger partial charge in [-0.2, -0.15) is 5.26 Å². The van der Waals surface area contributed by atoms with E-state index in [1.807, 2.05) is 31.2 Å². The van der Waals surface area contributed by atoms with Crippen LogP contribution < -0.4 is 5.32 Å². The average Bonchev–Trinajstić information content (AvgIpc) is 3.22. The molecule has 0 fully saturated rings. The first-order chi connectivity index (χ1) is 11.2. The lowest BCUT2D eigenvalue weighted by Gasteiger charge is -2.12. The quantitative estimate of drug-likeness (QED) is 0.804. The van der Waals surface area contributed by atoms with Gasteiger partial charge in [0.2, 0.25) is 0 Å². The molecule has 0 radical (unpaired) electrons. The number of carbonyl (C=O) groups is 1. The van der Waals surface area contributed by atoms with Crippen molar-refractivity contribution in [2.75, 3.05) is 0 Å². The Morgan fingerprint density at radius 3 is 2.78 bits per heavy atom. The SMILES string of the molecule is Cc1ccccc1-n1ccc(C#N)c1C(=O)NCc1ccco1. The summed E-state index contributed by atoms with van der Waals surface area (Å²) in [5.74, 6) is 0.344. The van der Waals surface area contributed by atoms with E-state index in [0.717, 1.165) is 11.3 Å². The fraction of sp³-hybridized carbons (Fsp3) is 0.111. The molecule has 0 saturated heterocycles. The van der Waals surface area contributed by atoms with Gasteiger partial charge in [0.15, 0.2) is 0 Å². The fourth-order valence-electron chi connectivity index (χ4n) is 2.45. The van der Waals surface area contributed by atoms with Crippen molar-refractivity contribution in [2.45, 2.75) is 13.5 Å². The summed E-state index contributed by atoms with van der Waals surface area (Å²) in [4.78, 5) is 12.6. The first kappa shape index (κ1) is 14.7. The normalized spacial score (nSPS) is 10.3. The maximum Gasteiger partial charge on any atom is 0.270 e. The van der Waals surface area contributed by atoms with E-state index in [1.165, 1.54) is 0 Å². The zero-order valence-electron chi connectivity index (χ0n) is 12.6. The van der Waals surface area contributed by atoms with Crippen molar-refractivity contribution in [2.24, 2.45) is 0 Å². The summed E-state index contributed by atoms with van der Waals surface area (Å²) in [7, 11) is 0. The lowest BCUT2D eigenvalue weighted by atomic mass is 10.2. The highest BCUT2D eigenvalue weighted by molar-refractivity contribution is 5.95. The van der Waals surface area contributed by atoms with E-state index in [9.17, 15) is 10.1 Å². The van der Waals surface area contributed by atoms with Crippen molar-refractivity contribution in [1.29, 1.82) is 5.26 Å². The van der Waals surface area contributed by atoms with Crippen molar-refractivity contribution < 1.29 is 9.21 Å². The van der Waals surface area contributed by atoms with Gasteiger partial charge in [0, 0.05) is 11.9 Å². The third-order valence-corrected chi connectivity index (χ3v) is 3.60. The Kier molecular flexibility index (Phi) is 3.98. The van der Waals surface area contributed by atoms with Crippen LogP contribution in [0.25, 0.3) is 5.69 Å². The number of carbonyl (C=O) groups excluding carboxylic acids is 1. The summed E-state index contributed by atoms with van der Waals surface area (Å²) in [6.07, 6.45) is 3.29. The second kappa shape index (κ2) is 6.24. The Balaban J connectivity index is 1.94. The number of nitrogens with zero attached hydrogens (tertiary/aromatic N) is 2. The maximum atomic E-state index is 12.6. The molecule has 3 aromatic rings. The molecule has 0 aliphatic carbocycles. The van der Waals surface area contributed by atoms with Crippen LogP contribution in [0.3, 0.4) is 0 Å². The lowest BCUT2D eigenvalue weighted by Crippen LogP contribution is -2.26. The van der Waals surface area contributed by atoms with Gasteiger partial charge in [-0.05, 0) is 36.8 Å². The number of hydrogen-bond donors (Lipinski definition) is 1. The van der Waals surface area contributed by atoms with Crippen LogP contribution in [0.5, 0.6) is 0 Å².